The quantitative estimate of drug-likeness (QED) is 0.0153. The Kier molecular flexibility index (Phi) is 42.4. The van der Waals surface area contributed by atoms with Gasteiger partial charge < -0.3 is 116 Å². The van der Waals surface area contributed by atoms with Crippen LogP contribution in [0.2, 0.25) is 0 Å². The highest BCUT2D eigenvalue weighted by Crippen LogP contribution is 2.16. The van der Waals surface area contributed by atoms with Crippen molar-refractivity contribution in [1.82, 2.24) is 58.5 Å². The van der Waals surface area contributed by atoms with E-state index in [1.165, 1.54) is 6.92 Å². The number of rotatable bonds is 48. The molecule has 0 aliphatic heterocycles. The molecule has 0 rings (SSSR count). The normalized spacial score (nSPS) is 15.1. The van der Waals surface area contributed by atoms with E-state index >= 15 is 0 Å². The third-order valence-corrected chi connectivity index (χ3v) is 15.9. The number of nitrogens with two attached hydrogens (primary N) is 10. The summed E-state index contributed by atoms with van der Waals surface area (Å²) in [6, 6.07) is -13.9. The molecule has 0 radical (unpaired) electrons. The van der Waals surface area contributed by atoms with E-state index in [0.717, 1.165) is 0 Å². The molecule has 37 nitrogen and oxygen atoms in total. The van der Waals surface area contributed by atoms with Crippen LogP contribution in [0.5, 0.6) is 0 Å². The number of carbonyl (C=O) groups is 12. The molecule has 0 fully saturated rings. The largest absolute Gasteiger partial charge is 0.370 e. The van der Waals surface area contributed by atoms with Crippen molar-refractivity contribution in [3.8, 4) is 0 Å². The lowest BCUT2D eigenvalue weighted by molar-refractivity contribution is -0.138. The zero-order valence-corrected chi connectivity index (χ0v) is 60.1. The van der Waals surface area contributed by atoms with Crippen molar-refractivity contribution in [1.29, 1.82) is 0 Å². The summed E-state index contributed by atoms with van der Waals surface area (Å²) < 4.78 is 0. The average Bonchev–Trinajstić information content (AvgIpc) is 0.856. The van der Waals surface area contributed by atoms with Gasteiger partial charge in [0.05, 0.1) is 12.6 Å². The zero-order chi connectivity index (χ0) is 76.0. The third kappa shape index (κ3) is 36.2. The number of aliphatic imine (C=N–C) groups is 4. The van der Waals surface area contributed by atoms with E-state index in [1.54, 1.807) is 69.2 Å². The van der Waals surface area contributed by atoms with Gasteiger partial charge in [-0.15, -0.1) is 0 Å². The molecular formula is C62H119N25O12. The molecule has 12 amide bonds. The second kappa shape index (κ2) is 46.8. The second-order valence-corrected chi connectivity index (χ2v) is 26.1. The van der Waals surface area contributed by atoms with Crippen molar-refractivity contribution < 1.29 is 57.5 Å². The first kappa shape index (κ1) is 89.7. The highest BCUT2D eigenvalue weighted by Gasteiger charge is 2.39. The van der Waals surface area contributed by atoms with Crippen LogP contribution in [-0.2, 0) is 57.5 Å². The number of amides is 12. The molecule has 564 valence electrons. The van der Waals surface area contributed by atoms with Crippen LogP contribution < -0.4 is 116 Å². The smallest absolute Gasteiger partial charge is 0.243 e. The molecule has 0 unspecified atom stereocenters. The van der Waals surface area contributed by atoms with Crippen LogP contribution in [0.15, 0.2) is 20.0 Å². The Morgan fingerprint density at radius 3 is 0.949 bits per heavy atom. The van der Waals surface area contributed by atoms with Crippen LogP contribution in [0, 0.1) is 35.5 Å². The summed E-state index contributed by atoms with van der Waals surface area (Å²) in [5, 5.41) is 29.3. The monoisotopic (exact) mass is 1410 g/mol. The molecule has 0 aromatic carbocycles. The van der Waals surface area contributed by atoms with Gasteiger partial charge in [0.1, 0.15) is 60.4 Å². The molecule has 0 aliphatic rings. The maximum Gasteiger partial charge on any atom is 0.243 e. The molecular weight excluding hydrogens is 1290 g/mol. The SMILES string of the molecule is CC[C@H](C)[C@H](NC(=O)[C@H](CCCN=C(N)N)NC(=O)[C@H](C)NC(=O)[C@H](CC(C)C)NC(=O)[C@@H](N)CCCN=C(N)N)C(=O)N[C@H](C(=O)N[C@H](C(=O)N[C@H](C(=O)N[C@@H](CCCN=C(N)N)C(=O)N[C@H](C(=O)N[C@@H](CCCN=C(N)N)C(=O)NCC(N)=O)C(C)C)[C@@H](C)CC)C(C)C)C(C)C. The Hall–Kier alpha value is -9.32. The summed E-state index contributed by atoms with van der Waals surface area (Å²) in [6.07, 6.45) is 1.84. The van der Waals surface area contributed by atoms with Gasteiger partial charge in [0.25, 0.3) is 0 Å². The van der Waals surface area contributed by atoms with Gasteiger partial charge in [0, 0.05) is 26.2 Å². The second-order valence-electron chi connectivity index (χ2n) is 26.1. The number of nitrogens with zero attached hydrogens (tertiary/aromatic N) is 4. The topological polar surface area (TPSA) is 647 Å². The predicted octanol–water partition coefficient (Wildman–Crippen LogP) is -5.90. The van der Waals surface area contributed by atoms with Crippen molar-refractivity contribution in [2.24, 2.45) is 113 Å². The highest BCUT2D eigenvalue weighted by molar-refractivity contribution is 5.99. The Labute approximate surface area is 581 Å². The van der Waals surface area contributed by atoms with Gasteiger partial charge in [0.2, 0.25) is 70.9 Å². The zero-order valence-electron chi connectivity index (χ0n) is 60.1. The van der Waals surface area contributed by atoms with Crippen LogP contribution >= 0.6 is 0 Å². The summed E-state index contributed by atoms with van der Waals surface area (Å²) in [7, 11) is 0. The maximum absolute atomic E-state index is 14.5. The van der Waals surface area contributed by atoms with Gasteiger partial charge >= 0.3 is 0 Å². The van der Waals surface area contributed by atoms with Gasteiger partial charge in [-0.05, 0) is 100 Å². The van der Waals surface area contributed by atoms with E-state index in [0.29, 0.717) is 19.3 Å². The van der Waals surface area contributed by atoms with Crippen molar-refractivity contribution in [3.05, 3.63) is 0 Å². The molecule has 0 aliphatic carbocycles. The number of carbonyl (C=O) groups excluding carboxylic acids is 12. The van der Waals surface area contributed by atoms with Gasteiger partial charge in [-0.1, -0.05) is 95.9 Å². The summed E-state index contributed by atoms with van der Waals surface area (Å²) in [6.45, 7) is 21.7. The van der Waals surface area contributed by atoms with E-state index < -0.39 is 173 Å². The van der Waals surface area contributed by atoms with Gasteiger partial charge in [-0.2, -0.15) is 0 Å². The maximum atomic E-state index is 14.5. The summed E-state index contributed by atoms with van der Waals surface area (Å²) in [5.74, 6) is -13.2. The van der Waals surface area contributed by atoms with Crippen molar-refractivity contribution >= 4 is 94.7 Å². The van der Waals surface area contributed by atoms with E-state index in [-0.39, 0.29) is 107 Å². The van der Waals surface area contributed by atoms with Crippen molar-refractivity contribution in [2.75, 3.05) is 32.7 Å². The molecule has 0 aromatic rings. The van der Waals surface area contributed by atoms with Crippen LogP contribution in [0.4, 0.5) is 0 Å². The van der Waals surface area contributed by atoms with Gasteiger partial charge in [-0.3, -0.25) is 77.5 Å². The first-order chi connectivity index (χ1) is 46.2. The Morgan fingerprint density at radius 1 is 0.323 bits per heavy atom. The Bertz CT molecular complexity index is 2760. The summed E-state index contributed by atoms with van der Waals surface area (Å²) in [4.78, 5) is 182. The lowest BCUT2D eigenvalue weighted by Crippen LogP contribution is -2.63. The molecule has 31 N–H and O–H groups in total. The molecule has 37 heteroatoms. The van der Waals surface area contributed by atoms with Gasteiger partial charge in [-0.25, -0.2) is 0 Å². The fourth-order valence-electron chi connectivity index (χ4n) is 9.69. The van der Waals surface area contributed by atoms with Crippen LogP contribution in [0.25, 0.3) is 0 Å². The summed E-state index contributed by atoms with van der Waals surface area (Å²) in [5.41, 5.74) is 55.2. The van der Waals surface area contributed by atoms with Gasteiger partial charge in [0.15, 0.2) is 23.8 Å². The first-order valence-corrected chi connectivity index (χ1v) is 33.8. The predicted molar refractivity (Wildman–Crippen MR) is 378 cm³/mol. The minimum absolute atomic E-state index is 0.00885. The molecule has 0 heterocycles. The fourth-order valence-corrected chi connectivity index (χ4v) is 9.69. The molecule has 0 saturated carbocycles. The molecule has 0 aromatic heterocycles. The van der Waals surface area contributed by atoms with Crippen molar-refractivity contribution in [2.45, 2.75) is 227 Å². The minimum atomic E-state index is -1.37. The lowest BCUT2D eigenvalue weighted by Gasteiger charge is -2.32. The number of hydrogen-bond acceptors (Lipinski definition) is 17. The molecule has 0 spiro atoms. The molecule has 0 saturated heterocycles. The number of hydrogen-bond donors (Lipinski definition) is 21. The van der Waals surface area contributed by atoms with E-state index in [1.807, 2.05) is 13.8 Å². The fraction of sp³-hybridized carbons (Fsp3) is 0.742. The minimum Gasteiger partial charge on any atom is -0.370 e. The molecule has 0 bridgehead atoms. The van der Waals surface area contributed by atoms with E-state index in [9.17, 15) is 57.5 Å². The van der Waals surface area contributed by atoms with Crippen LogP contribution in [-0.4, -0.2) is 194 Å². The Balaban J connectivity index is 6.92. The standard InChI is InChI=1S/C62H119N25O12/c1-14-34(11)46(57(98)81-40(23-19-27-76-62(71)72)51(92)83-43(31(5)6)54(95)80-38(21-17-25-74-60(67)68)50(91)77-29-42(64)88)87-56(97)45(33(9)10)84-55(96)44(32(7)8)85-58(99)47(35(12)15-2)86-52(93)39(22-18-26-75-61(69)70)79-48(89)36(13)78-53(94)41(28-30(3)4)82-49(90)37(63)20-16-24-73-59(65)66/h30-41,43-47H,14-29,63H2,1-13H3,(H2,64,88)(H,77,91)(H,78,94)(H,79,89)(H,80,95)(H,81,98)(H,82,90)(H,83,92)(H,84,96)(H,85,99)(H,86,93)(H,87,97)(H4,65,66,73)(H4,67,68,74)(H4,69,70,75)(H4,71,72,76)/t34-,35-,36-,37-,38-,39-,40-,41-,43-,44-,45-,46-,47-/m0/s1. The molecule has 99 heavy (non-hydrogen) atoms. The number of guanidine groups is 4. The van der Waals surface area contributed by atoms with Crippen LogP contribution in [0.1, 0.15) is 161 Å². The van der Waals surface area contributed by atoms with Crippen LogP contribution in [0.3, 0.4) is 0 Å². The van der Waals surface area contributed by atoms with E-state index in [2.05, 4.69) is 78.5 Å². The van der Waals surface area contributed by atoms with E-state index in [4.69, 9.17) is 57.3 Å². The molecule has 13 atom stereocenters. The number of nitrogens with one attached hydrogen (secondary N) is 11. The number of primary amides is 1. The first-order valence-electron chi connectivity index (χ1n) is 33.8. The summed E-state index contributed by atoms with van der Waals surface area (Å²) >= 11 is 0. The Morgan fingerprint density at radius 2 is 0.606 bits per heavy atom. The third-order valence-electron chi connectivity index (χ3n) is 15.9. The van der Waals surface area contributed by atoms with Crippen molar-refractivity contribution in [3.63, 3.8) is 0 Å². The lowest BCUT2D eigenvalue weighted by atomic mass is 9.94. The average molecular weight is 1410 g/mol. The highest BCUT2D eigenvalue weighted by atomic mass is 16.2.